The molecule has 0 saturated heterocycles. The van der Waals surface area contributed by atoms with E-state index in [0.717, 1.165) is 18.0 Å². The molecule has 1 N–H and O–H groups in total. The first-order chi connectivity index (χ1) is 9.67. The third-order valence-corrected chi connectivity index (χ3v) is 4.02. The third-order valence-electron chi connectivity index (χ3n) is 2.93. The Labute approximate surface area is 122 Å². The van der Waals surface area contributed by atoms with E-state index in [-0.39, 0.29) is 5.97 Å². The number of ether oxygens (including phenoxy) is 1. The van der Waals surface area contributed by atoms with Crippen LogP contribution in [0.15, 0.2) is 30.9 Å². The molecule has 6 heteroatoms. The van der Waals surface area contributed by atoms with Crippen molar-refractivity contribution in [1.82, 2.24) is 14.9 Å². The lowest BCUT2D eigenvalue weighted by Gasteiger charge is -2.13. The molecule has 2 aromatic heterocycles. The molecule has 5 nitrogen and oxygen atoms in total. The van der Waals surface area contributed by atoms with Gasteiger partial charge in [-0.1, -0.05) is 0 Å². The van der Waals surface area contributed by atoms with Crippen LogP contribution in [0.2, 0.25) is 0 Å². The van der Waals surface area contributed by atoms with Crippen LogP contribution in [0.25, 0.3) is 0 Å². The molecule has 0 aliphatic heterocycles. The third kappa shape index (κ3) is 4.47. The summed E-state index contributed by atoms with van der Waals surface area (Å²) in [6, 6.07) is 4.40. The minimum atomic E-state index is -0.195. The Balaban J connectivity index is 1.77. The number of methoxy groups -OCH3 is 1. The number of hydrogen-bond acceptors (Lipinski definition) is 5. The first-order valence-corrected chi connectivity index (χ1v) is 7.32. The smallest absolute Gasteiger partial charge is 0.310 e. The summed E-state index contributed by atoms with van der Waals surface area (Å²) in [7, 11) is 1.41. The number of carbonyl (C=O) groups excluding carboxylic acids is 1. The van der Waals surface area contributed by atoms with Crippen molar-refractivity contribution in [2.45, 2.75) is 32.5 Å². The summed E-state index contributed by atoms with van der Waals surface area (Å²) in [5, 5.41) is 3.46. The minimum absolute atomic E-state index is 0.195. The Hall–Kier alpha value is -1.66. The molecule has 0 radical (unpaired) electrons. The van der Waals surface area contributed by atoms with Gasteiger partial charge < -0.3 is 14.6 Å². The molecule has 0 aliphatic carbocycles. The van der Waals surface area contributed by atoms with E-state index in [1.807, 2.05) is 18.6 Å². The Morgan fingerprint density at radius 2 is 2.30 bits per heavy atom. The number of rotatable bonds is 7. The second-order valence-electron chi connectivity index (χ2n) is 4.66. The van der Waals surface area contributed by atoms with Gasteiger partial charge in [0.05, 0.1) is 19.9 Å². The van der Waals surface area contributed by atoms with Crippen LogP contribution < -0.4 is 5.32 Å². The van der Waals surface area contributed by atoms with Gasteiger partial charge in [-0.2, -0.15) is 0 Å². The fraction of sp³-hybridized carbons (Fsp3) is 0.429. The van der Waals surface area contributed by atoms with Gasteiger partial charge in [0.1, 0.15) is 0 Å². The van der Waals surface area contributed by atoms with Crippen LogP contribution in [0.1, 0.15) is 16.7 Å². The second kappa shape index (κ2) is 7.21. The summed E-state index contributed by atoms with van der Waals surface area (Å²) >= 11 is 1.64. The number of hydrogen-bond donors (Lipinski definition) is 1. The number of thiophene rings is 1. The van der Waals surface area contributed by atoms with Crippen molar-refractivity contribution in [2.75, 3.05) is 7.11 Å². The van der Waals surface area contributed by atoms with E-state index < -0.39 is 0 Å². The summed E-state index contributed by atoms with van der Waals surface area (Å²) in [4.78, 5) is 17.5. The molecule has 2 heterocycles. The highest BCUT2D eigenvalue weighted by atomic mass is 32.1. The van der Waals surface area contributed by atoms with Crippen LogP contribution in [-0.2, 0) is 29.0 Å². The standard InChI is InChI=1S/C14H19N3O2S/c1-11(9-17-6-5-15-10-17)16-8-13-4-3-12(20-13)7-14(18)19-2/h3-6,10-11,16H,7-9H2,1-2H3. The lowest BCUT2D eigenvalue weighted by Crippen LogP contribution is -2.29. The van der Waals surface area contributed by atoms with E-state index in [0.29, 0.717) is 12.5 Å². The van der Waals surface area contributed by atoms with Gasteiger partial charge in [-0.25, -0.2) is 4.98 Å². The summed E-state index contributed by atoms with van der Waals surface area (Å²) in [5.74, 6) is -0.195. The van der Waals surface area contributed by atoms with Crippen LogP contribution in [0.5, 0.6) is 0 Å². The molecule has 0 aliphatic rings. The Morgan fingerprint density at radius 3 is 3.00 bits per heavy atom. The summed E-state index contributed by atoms with van der Waals surface area (Å²) in [6.45, 7) is 3.84. The Morgan fingerprint density at radius 1 is 1.50 bits per heavy atom. The van der Waals surface area contributed by atoms with E-state index in [9.17, 15) is 4.79 Å². The predicted molar refractivity (Wildman–Crippen MR) is 78.6 cm³/mol. The molecule has 0 bridgehead atoms. The number of nitrogens with one attached hydrogen (secondary N) is 1. The number of nitrogens with zero attached hydrogens (tertiary/aromatic N) is 2. The lowest BCUT2D eigenvalue weighted by atomic mass is 10.3. The van der Waals surface area contributed by atoms with Gasteiger partial charge in [0.15, 0.2) is 0 Å². The van der Waals surface area contributed by atoms with Crippen LogP contribution in [0, 0.1) is 0 Å². The van der Waals surface area contributed by atoms with Crippen molar-refractivity contribution in [1.29, 1.82) is 0 Å². The maximum absolute atomic E-state index is 11.2. The van der Waals surface area contributed by atoms with E-state index in [1.165, 1.54) is 12.0 Å². The zero-order valence-electron chi connectivity index (χ0n) is 11.7. The molecule has 0 aromatic carbocycles. The zero-order chi connectivity index (χ0) is 14.4. The normalized spacial score (nSPS) is 12.3. The fourth-order valence-corrected chi connectivity index (χ4v) is 2.83. The average Bonchev–Trinajstić information content (AvgIpc) is 3.08. The van der Waals surface area contributed by atoms with Crippen LogP contribution in [-0.4, -0.2) is 28.7 Å². The molecule has 0 saturated carbocycles. The minimum Gasteiger partial charge on any atom is -0.469 e. The molecule has 1 unspecified atom stereocenters. The zero-order valence-corrected chi connectivity index (χ0v) is 12.5. The van der Waals surface area contributed by atoms with Crippen molar-refractivity contribution in [3.05, 3.63) is 40.6 Å². The van der Waals surface area contributed by atoms with Gasteiger partial charge in [-0.15, -0.1) is 11.3 Å². The molecule has 2 aromatic rings. The fourth-order valence-electron chi connectivity index (χ4n) is 1.88. The largest absolute Gasteiger partial charge is 0.469 e. The highest BCUT2D eigenvalue weighted by Crippen LogP contribution is 2.17. The van der Waals surface area contributed by atoms with E-state index >= 15 is 0 Å². The maximum Gasteiger partial charge on any atom is 0.310 e. The van der Waals surface area contributed by atoms with Gasteiger partial charge in [0.25, 0.3) is 0 Å². The monoisotopic (exact) mass is 293 g/mol. The number of carbonyl (C=O) groups is 1. The molecule has 20 heavy (non-hydrogen) atoms. The molecular formula is C14H19N3O2S. The SMILES string of the molecule is COC(=O)Cc1ccc(CNC(C)Cn2ccnc2)s1. The van der Waals surface area contributed by atoms with Gasteiger partial charge in [-0.05, 0) is 19.1 Å². The average molecular weight is 293 g/mol. The number of esters is 1. The van der Waals surface area contributed by atoms with Gasteiger partial charge in [-0.3, -0.25) is 4.79 Å². The molecule has 0 fully saturated rings. The van der Waals surface area contributed by atoms with Crippen LogP contribution in [0.4, 0.5) is 0 Å². The highest BCUT2D eigenvalue weighted by Gasteiger charge is 2.07. The highest BCUT2D eigenvalue weighted by molar-refractivity contribution is 7.12. The molecule has 0 amide bonds. The van der Waals surface area contributed by atoms with Crippen molar-refractivity contribution in [3.63, 3.8) is 0 Å². The van der Waals surface area contributed by atoms with E-state index in [1.54, 1.807) is 17.5 Å². The topological polar surface area (TPSA) is 56.1 Å². The van der Waals surface area contributed by atoms with Crippen molar-refractivity contribution in [3.8, 4) is 0 Å². The summed E-state index contributed by atoms with van der Waals surface area (Å²) in [5.41, 5.74) is 0. The van der Waals surface area contributed by atoms with Gasteiger partial charge in [0, 0.05) is 41.3 Å². The first kappa shape index (κ1) is 14.7. The first-order valence-electron chi connectivity index (χ1n) is 6.51. The van der Waals surface area contributed by atoms with E-state index in [4.69, 9.17) is 0 Å². The molecule has 108 valence electrons. The van der Waals surface area contributed by atoms with E-state index in [2.05, 4.69) is 32.6 Å². The predicted octanol–water partition coefficient (Wildman–Crippen LogP) is 1.84. The molecule has 2 rings (SSSR count). The van der Waals surface area contributed by atoms with Gasteiger partial charge in [0.2, 0.25) is 0 Å². The second-order valence-corrected chi connectivity index (χ2v) is 5.92. The number of aromatic nitrogens is 2. The number of imidazole rings is 1. The molecule has 1 atom stereocenters. The molecular weight excluding hydrogens is 274 g/mol. The summed E-state index contributed by atoms with van der Waals surface area (Å²) in [6.07, 6.45) is 5.91. The maximum atomic E-state index is 11.2. The van der Waals surface area contributed by atoms with Crippen molar-refractivity contribution >= 4 is 17.3 Å². The quantitative estimate of drug-likeness (QED) is 0.791. The van der Waals surface area contributed by atoms with Crippen LogP contribution >= 0.6 is 11.3 Å². The van der Waals surface area contributed by atoms with Crippen LogP contribution in [0.3, 0.4) is 0 Å². The van der Waals surface area contributed by atoms with Crippen molar-refractivity contribution in [2.24, 2.45) is 0 Å². The Kier molecular flexibility index (Phi) is 5.31. The summed E-state index contributed by atoms with van der Waals surface area (Å²) < 4.78 is 6.71. The van der Waals surface area contributed by atoms with Crippen molar-refractivity contribution < 1.29 is 9.53 Å². The lowest BCUT2D eigenvalue weighted by molar-refractivity contribution is -0.139. The Bertz CT molecular complexity index is 536. The molecule has 0 spiro atoms. The van der Waals surface area contributed by atoms with Gasteiger partial charge >= 0.3 is 5.97 Å².